The monoisotopic (exact) mass is 431 g/mol. The predicted molar refractivity (Wildman–Crippen MR) is 128 cm³/mol. The molecule has 0 saturated carbocycles. The second kappa shape index (κ2) is 8.82. The minimum atomic E-state index is 0.712. The number of thiazole rings is 1. The highest BCUT2D eigenvalue weighted by molar-refractivity contribution is 7.07. The summed E-state index contributed by atoms with van der Waals surface area (Å²) in [6.45, 7) is 6.29. The van der Waals surface area contributed by atoms with Crippen LogP contribution in [-0.4, -0.2) is 10.9 Å². The number of nitrogens with zero attached hydrogens (tertiary/aromatic N) is 3. The third-order valence-electron chi connectivity index (χ3n) is 5.04. The Balaban J connectivity index is 1.86. The van der Waals surface area contributed by atoms with E-state index in [0.717, 1.165) is 27.3 Å². The average molecular weight is 432 g/mol. The van der Waals surface area contributed by atoms with E-state index in [-0.39, 0.29) is 0 Å². The quantitative estimate of drug-likeness (QED) is 0.314. The molecule has 0 aliphatic heterocycles. The van der Waals surface area contributed by atoms with Gasteiger partial charge >= 0.3 is 0 Å². The van der Waals surface area contributed by atoms with Gasteiger partial charge in [0.05, 0.1) is 17.6 Å². The molecule has 0 unspecified atom stereocenters. The molecule has 0 saturated heterocycles. The van der Waals surface area contributed by atoms with Crippen molar-refractivity contribution in [2.75, 3.05) is 0 Å². The van der Waals surface area contributed by atoms with Crippen LogP contribution in [0.3, 0.4) is 0 Å². The molecule has 1 aromatic heterocycles. The van der Waals surface area contributed by atoms with Gasteiger partial charge in [0.1, 0.15) is 0 Å². The fraction of sp³-hybridized carbons (Fsp3) is 0.120. The van der Waals surface area contributed by atoms with E-state index in [1.54, 1.807) is 11.3 Å². The van der Waals surface area contributed by atoms with Gasteiger partial charge < -0.3 is 0 Å². The van der Waals surface area contributed by atoms with Gasteiger partial charge in [0.25, 0.3) is 0 Å². The maximum absolute atomic E-state index is 6.09. The van der Waals surface area contributed by atoms with Gasteiger partial charge in [0, 0.05) is 16.0 Å². The van der Waals surface area contributed by atoms with Crippen molar-refractivity contribution < 1.29 is 0 Å². The molecule has 3 aromatic carbocycles. The third-order valence-corrected chi connectivity index (χ3v) is 6.11. The average Bonchev–Trinajstić information content (AvgIpc) is 3.13. The van der Waals surface area contributed by atoms with E-state index in [1.165, 1.54) is 16.7 Å². The number of hydrogen-bond acceptors (Lipinski definition) is 3. The Labute approximate surface area is 185 Å². The molecule has 0 radical (unpaired) electrons. The smallest absolute Gasteiger partial charge is 0.211 e. The molecule has 30 heavy (non-hydrogen) atoms. The Morgan fingerprint density at radius 3 is 2.37 bits per heavy atom. The van der Waals surface area contributed by atoms with Crippen LogP contribution >= 0.6 is 22.9 Å². The van der Waals surface area contributed by atoms with Crippen molar-refractivity contribution in [2.24, 2.45) is 10.1 Å². The highest BCUT2D eigenvalue weighted by Gasteiger charge is 2.08. The van der Waals surface area contributed by atoms with E-state index in [0.29, 0.717) is 5.02 Å². The Hall–Kier alpha value is -2.95. The Kier molecular flexibility index (Phi) is 5.98. The Bertz CT molecular complexity index is 1280. The summed E-state index contributed by atoms with van der Waals surface area (Å²) >= 11 is 7.65. The molecular weight excluding hydrogens is 410 g/mol. The summed E-state index contributed by atoms with van der Waals surface area (Å²) in [5.41, 5.74) is 7.67. The van der Waals surface area contributed by atoms with Gasteiger partial charge in [-0.25, -0.2) is 9.67 Å². The molecule has 150 valence electrons. The molecule has 0 aliphatic carbocycles. The lowest BCUT2D eigenvalue weighted by atomic mass is 10.1. The van der Waals surface area contributed by atoms with Crippen molar-refractivity contribution in [1.82, 2.24) is 4.68 Å². The van der Waals surface area contributed by atoms with Crippen LogP contribution in [0.15, 0.2) is 82.2 Å². The molecule has 0 N–H and O–H groups in total. The third kappa shape index (κ3) is 4.45. The number of hydrogen-bond donors (Lipinski definition) is 0. The normalized spacial score (nSPS) is 12.1. The van der Waals surface area contributed by atoms with E-state index in [4.69, 9.17) is 21.7 Å². The van der Waals surface area contributed by atoms with Crippen LogP contribution in [0.2, 0.25) is 5.02 Å². The van der Waals surface area contributed by atoms with E-state index < -0.39 is 0 Å². The van der Waals surface area contributed by atoms with Crippen LogP contribution < -0.4 is 4.80 Å². The zero-order valence-corrected chi connectivity index (χ0v) is 18.7. The lowest BCUT2D eigenvalue weighted by molar-refractivity contribution is 0.854. The van der Waals surface area contributed by atoms with Crippen LogP contribution in [0, 0.1) is 20.8 Å². The fourth-order valence-corrected chi connectivity index (χ4v) is 4.05. The van der Waals surface area contributed by atoms with Gasteiger partial charge in [0.2, 0.25) is 4.80 Å². The van der Waals surface area contributed by atoms with E-state index in [1.807, 2.05) is 53.4 Å². The van der Waals surface area contributed by atoms with Gasteiger partial charge in [-0.05, 0) is 67.3 Å². The minimum Gasteiger partial charge on any atom is -0.220 e. The van der Waals surface area contributed by atoms with Crippen LogP contribution in [-0.2, 0) is 0 Å². The lowest BCUT2D eigenvalue weighted by Gasteiger charge is -2.05. The number of rotatable bonds is 4. The second-order valence-corrected chi connectivity index (χ2v) is 8.48. The molecule has 0 amide bonds. The van der Waals surface area contributed by atoms with Crippen molar-refractivity contribution >= 4 is 34.8 Å². The molecule has 4 aromatic rings. The summed E-state index contributed by atoms with van der Waals surface area (Å²) < 4.78 is 1.90. The summed E-state index contributed by atoms with van der Waals surface area (Å²) in [6, 6.07) is 22.2. The number of halogens is 1. The zero-order valence-electron chi connectivity index (χ0n) is 17.1. The van der Waals surface area contributed by atoms with Crippen molar-refractivity contribution in [2.45, 2.75) is 20.8 Å². The van der Waals surface area contributed by atoms with Gasteiger partial charge in [-0.1, -0.05) is 54.1 Å². The summed E-state index contributed by atoms with van der Waals surface area (Å²) in [5, 5.41) is 7.60. The second-order valence-electron chi connectivity index (χ2n) is 7.20. The number of aromatic nitrogens is 1. The summed E-state index contributed by atoms with van der Waals surface area (Å²) in [7, 11) is 0. The zero-order chi connectivity index (χ0) is 21.1. The highest BCUT2D eigenvalue weighted by Crippen LogP contribution is 2.23. The largest absolute Gasteiger partial charge is 0.220 e. The van der Waals surface area contributed by atoms with E-state index in [9.17, 15) is 0 Å². The Morgan fingerprint density at radius 2 is 1.63 bits per heavy atom. The maximum atomic E-state index is 6.09. The molecule has 0 atom stereocenters. The summed E-state index contributed by atoms with van der Waals surface area (Å²) in [4.78, 5) is 5.70. The van der Waals surface area contributed by atoms with E-state index in [2.05, 4.69) is 50.4 Å². The lowest BCUT2D eigenvalue weighted by Crippen LogP contribution is -2.11. The maximum Gasteiger partial charge on any atom is 0.211 e. The van der Waals surface area contributed by atoms with Crippen LogP contribution in [0.5, 0.6) is 0 Å². The van der Waals surface area contributed by atoms with Crippen LogP contribution in [0.4, 0.5) is 5.69 Å². The van der Waals surface area contributed by atoms with Crippen molar-refractivity contribution in [3.8, 4) is 11.3 Å². The summed E-state index contributed by atoms with van der Waals surface area (Å²) in [5.74, 6) is 0. The first-order valence-corrected chi connectivity index (χ1v) is 11.0. The topological polar surface area (TPSA) is 29.6 Å². The van der Waals surface area contributed by atoms with Gasteiger partial charge in [-0.2, -0.15) is 5.10 Å². The van der Waals surface area contributed by atoms with Crippen LogP contribution in [0.25, 0.3) is 11.3 Å². The van der Waals surface area contributed by atoms with Gasteiger partial charge in [0.15, 0.2) is 0 Å². The van der Waals surface area contributed by atoms with Crippen molar-refractivity contribution in [3.05, 3.63) is 104 Å². The minimum absolute atomic E-state index is 0.712. The predicted octanol–water partition coefficient (Wildman–Crippen LogP) is 6.91. The van der Waals surface area contributed by atoms with E-state index >= 15 is 0 Å². The van der Waals surface area contributed by atoms with Gasteiger partial charge in [-0.3, -0.25) is 0 Å². The first kappa shape index (κ1) is 20.3. The van der Waals surface area contributed by atoms with Gasteiger partial charge in [-0.15, -0.1) is 11.3 Å². The molecule has 1 heterocycles. The van der Waals surface area contributed by atoms with Crippen molar-refractivity contribution in [3.63, 3.8) is 0 Å². The molecule has 0 bridgehead atoms. The standard InChI is InChI=1S/C25H22ClN3S/c1-17-8-13-23(14-19(17)3)28-25-29(27-15-21-7-5-4-6-18(21)2)24(16-30-25)20-9-11-22(26)12-10-20/h4-16H,1-3H3/b27-15-,28-25?. The Morgan fingerprint density at radius 1 is 0.867 bits per heavy atom. The first-order chi connectivity index (χ1) is 14.5. The highest BCUT2D eigenvalue weighted by atomic mass is 35.5. The SMILES string of the molecule is Cc1ccc(N=c2scc(-c3ccc(Cl)cc3)n2/N=C\c2ccccc2C)cc1C. The molecule has 3 nitrogen and oxygen atoms in total. The molecule has 0 spiro atoms. The molecule has 4 rings (SSSR count). The summed E-state index contributed by atoms with van der Waals surface area (Å²) in [6.07, 6.45) is 1.89. The molecule has 5 heteroatoms. The molecule has 0 fully saturated rings. The fourth-order valence-electron chi connectivity index (χ4n) is 3.06. The first-order valence-electron chi connectivity index (χ1n) is 9.70. The molecular formula is C25H22ClN3S. The number of aryl methyl sites for hydroxylation is 3. The number of benzene rings is 3. The molecule has 0 aliphatic rings. The van der Waals surface area contributed by atoms with Crippen LogP contribution in [0.1, 0.15) is 22.3 Å². The van der Waals surface area contributed by atoms with Crippen molar-refractivity contribution in [1.29, 1.82) is 0 Å².